The van der Waals surface area contributed by atoms with Crippen molar-refractivity contribution in [1.29, 1.82) is 0 Å². The van der Waals surface area contributed by atoms with Crippen molar-refractivity contribution in [2.75, 3.05) is 0 Å². The van der Waals surface area contributed by atoms with Crippen molar-refractivity contribution in [2.24, 2.45) is 0 Å². The molecule has 0 amide bonds. The molecule has 2 aliphatic rings. The van der Waals surface area contributed by atoms with Crippen molar-refractivity contribution < 1.29 is 0 Å². The van der Waals surface area contributed by atoms with Crippen molar-refractivity contribution in [1.82, 2.24) is 4.57 Å². The number of aromatic nitrogens is 1. The molecule has 1 spiro atoms. The minimum atomic E-state index is -0.484. The van der Waals surface area contributed by atoms with Crippen LogP contribution in [0, 0.1) is 0 Å². The summed E-state index contributed by atoms with van der Waals surface area (Å²) in [4.78, 5) is 5.26. The molecule has 0 atom stereocenters. The third-order valence-electron chi connectivity index (χ3n) is 10.9. The predicted octanol–water partition coefficient (Wildman–Crippen LogP) is 13.4. The van der Waals surface area contributed by atoms with Crippen LogP contribution in [0.15, 0.2) is 208 Å². The summed E-state index contributed by atoms with van der Waals surface area (Å²) in [6, 6.07) is 69.7. The standard InChI is InChI=1S/C49H31NS2/c1-3-14-32(15-4-1)33-27-29-47-42(31-33)49(39-20-8-11-24-45(39)51-46-25-12-9-21-40(46)49)41-22-13-19-36(48(41)52-47)34-26-28-44-38(30-34)37-18-7-10-23-43(37)50(44)35-16-5-2-6-17-35/h1-31H. The molecule has 3 heterocycles. The van der Waals surface area contributed by atoms with Crippen molar-refractivity contribution in [2.45, 2.75) is 25.0 Å². The fourth-order valence-corrected chi connectivity index (χ4v) is 11.2. The van der Waals surface area contributed by atoms with Gasteiger partial charge in [-0.25, -0.2) is 0 Å². The lowest BCUT2D eigenvalue weighted by molar-refractivity contribution is 0.668. The number of para-hydroxylation sites is 2. The van der Waals surface area contributed by atoms with E-state index in [1.165, 1.54) is 91.6 Å². The van der Waals surface area contributed by atoms with Crippen molar-refractivity contribution in [3.63, 3.8) is 0 Å². The average molecular weight is 698 g/mol. The Kier molecular flexibility index (Phi) is 6.70. The van der Waals surface area contributed by atoms with Crippen LogP contribution in [0.3, 0.4) is 0 Å². The van der Waals surface area contributed by atoms with E-state index in [2.05, 4.69) is 193 Å². The molecule has 9 aromatic rings. The van der Waals surface area contributed by atoms with Gasteiger partial charge in [-0.05, 0) is 99.1 Å². The van der Waals surface area contributed by atoms with E-state index < -0.39 is 5.41 Å². The number of hydrogen-bond acceptors (Lipinski definition) is 2. The molecule has 0 saturated heterocycles. The second kappa shape index (κ2) is 11.6. The minimum absolute atomic E-state index is 0.484. The van der Waals surface area contributed by atoms with Crippen LogP contribution in [0.4, 0.5) is 0 Å². The van der Waals surface area contributed by atoms with E-state index in [4.69, 9.17) is 0 Å². The molecule has 1 aromatic heterocycles. The van der Waals surface area contributed by atoms with Crippen LogP contribution in [0.25, 0.3) is 49.7 Å². The molecule has 2 aliphatic heterocycles. The van der Waals surface area contributed by atoms with Gasteiger partial charge in [0.05, 0.1) is 16.4 Å². The van der Waals surface area contributed by atoms with Gasteiger partial charge in [0.15, 0.2) is 0 Å². The van der Waals surface area contributed by atoms with E-state index in [0.717, 1.165) is 0 Å². The molecule has 3 heteroatoms. The zero-order valence-corrected chi connectivity index (χ0v) is 29.8. The molecule has 0 radical (unpaired) electrons. The van der Waals surface area contributed by atoms with Gasteiger partial charge < -0.3 is 4.57 Å². The topological polar surface area (TPSA) is 4.93 Å². The summed E-state index contributed by atoms with van der Waals surface area (Å²) in [5, 5.41) is 2.53. The molecule has 52 heavy (non-hydrogen) atoms. The molecule has 0 aliphatic carbocycles. The first kappa shape index (κ1) is 29.9. The van der Waals surface area contributed by atoms with Gasteiger partial charge in [-0.3, -0.25) is 0 Å². The molecule has 1 nitrogen and oxygen atoms in total. The Labute approximate surface area is 311 Å². The Morgan fingerprint density at radius 1 is 0.365 bits per heavy atom. The fraction of sp³-hybridized carbons (Fsp3) is 0.0204. The first-order valence-corrected chi connectivity index (χ1v) is 19.4. The van der Waals surface area contributed by atoms with E-state index in [-0.39, 0.29) is 0 Å². The highest BCUT2D eigenvalue weighted by molar-refractivity contribution is 8.00. The maximum absolute atomic E-state index is 2.47. The van der Waals surface area contributed by atoms with E-state index in [1.54, 1.807) is 0 Å². The van der Waals surface area contributed by atoms with Gasteiger partial charge in [0.1, 0.15) is 0 Å². The van der Waals surface area contributed by atoms with Crippen LogP contribution < -0.4 is 0 Å². The van der Waals surface area contributed by atoms with Crippen LogP contribution in [0.1, 0.15) is 22.3 Å². The zero-order chi connectivity index (χ0) is 34.2. The SMILES string of the molecule is c1ccc(-c2ccc3c(c2)C2(c4ccccc4Sc4ccccc42)c2cccc(-c4ccc5c(c4)c4ccccc4n5-c4ccccc4)c2S3)cc1. The van der Waals surface area contributed by atoms with Crippen LogP contribution in [-0.4, -0.2) is 4.57 Å². The minimum Gasteiger partial charge on any atom is -0.309 e. The van der Waals surface area contributed by atoms with Gasteiger partial charge in [-0.1, -0.05) is 157 Å². The Morgan fingerprint density at radius 2 is 0.981 bits per heavy atom. The van der Waals surface area contributed by atoms with Crippen molar-refractivity contribution in [3.8, 4) is 27.9 Å². The molecule has 8 aromatic carbocycles. The maximum Gasteiger partial charge on any atom is 0.0745 e. The van der Waals surface area contributed by atoms with Crippen molar-refractivity contribution in [3.05, 3.63) is 210 Å². The molecule has 11 rings (SSSR count). The first-order chi connectivity index (χ1) is 25.8. The first-order valence-electron chi connectivity index (χ1n) is 17.8. The molecular weight excluding hydrogens is 667 g/mol. The number of nitrogens with zero attached hydrogens (tertiary/aromatic N) is 1. The molecule has 244 valence electrons. The van der Waals surface area contributed by atoms with E-state index in [9.17, 15) is 0 Å². The van der Waals surface area contributed by atoms with E-state index in [0.29, 0.717) is 0 Å². The van der Waals surface area contributed by atoms with Crippen molar-refractivity contribution >= 4 is 45.3 Å². The summed E-state index contributed by atoms with van der Waals surface area (Å²) in [6.45, 7) is 0. The third kappa shape index (κ3) is 4.27. The lowest BCUT2D eigenvalue weighted by atomic mass is 9.64. The molecular formula is C49H31NS2. The quantitative estimate of drug-likeness (QED) is 0.181. The summed E-state index contributed by atoms with van der Waals surface area (Å²) in [6.07, 6.45) is 0. The normalized spacial score (nSPS) is 13.8. The predicted molar refractivity (Wildman–Crippen MR) is 218 cm³/mol. The molecule has 0 unspecified atom stereocenters. The summed E-state index contributed by atoms with van der Waals surface area (Å²) in [5.41, 5.74) is 13.5. The lowest BCUT2D eigenvalue weighted by Crippen LogP contribution is -2.36. The smallest absolute Gasteiger partial charge is 0.0745 e. The highest BCUT2D eigenvalue weighted by Crippen LogP contribution is 2.63. The lowest BCUT2D eigenvalue weighted by Gasteiger charge is -2.46. The zero-order valence-electron chi connectivity index (χ0n) is 28.2. The highest BCUT2D eigenvalue weighted by Gasteiger charge is 2.49. The average Bonchev–Trinajstić information content (AvgIpc) is 3.55. The number of hydrogen-bond donors (Lipinski definition) is 0. The maximum atomic E-state index is 2.47. The Morgan fingerprint density at radius 3 is 1.77 bits per heavy atom. The van der Waals surface area contributed by atoms with Gasteiger partial charge in [0.2, 0.25) is 0 Å². The summed E-state index contributed by atoms with van der Waals surface area (Å²) < 4.78 is 2.40. The Balaban J connectivity index is 1.20. The monoisotopic (exact) mass is 697 g/mol. The number of benzene rings is 8. The van der Waals surface area contributed by atoms with E-state index in [1.807, 2.05) is 23.5 Å². The Bertz CT molecular complexity index is 2810. The number of rotatable bonds is 3. The third-order valence-corrected chi connectivity index (χ3v) is 13.3. The van der Waals surface area contributed by atoms with Gasteiger partial charge in [-0.2, -0.15) is 0 Å². The summed E-state index contributed by atoms with van der Waals surface area (Å²) in [7, 11) is 0. The van der Waals surface area contributed by atoms with Crippen LogP contribution in [0.2, 0.25) is 0 Å². The van der Waals surface area contributed by atoms with Gasteiger partial charge >= 0.3 is 0 Å². The molecule has 0 N–H and O–H groups in total. The molecule has 0 bridgehead atoms. The van der Waals surface area contributed by atoms with Crippen LogP contribution in [0.5, 0.6) is 0 Å². The number of fused-ring (bicyclic) bond motifs is 11. The highest BCUT2D eigenvalue weighted by atomic mass is 32.2. The summed E-state index contributed by atoms with van der Waals surface area (Å²) >= 11 is 3.82. The largest absolute Gasteiger partial charge is 0.309 e. The Hall–Kier alpha value is -5.74. The van der Waals surface area contributed by atoms with Gasteiger partial charge in [0.25, 0.3) is 0 Å². The van der Waals surface area contributed by atoms with Gasteiger partial charge in [0, 0.05) is 36.0 Å². The van der Waals surface area contributed by atoms with Crippen LogP contribution >= 0.6 is 23.5 Å². The van der Waals surface area contributed by atoms with Crippen LogP contribution in [-0.2, 0) is 5.41 Å². The summed E-state index contributed by atoms with van der Waals surface area (Å²) in [5.74, 6) is 0. The fourth-order valence-electron chi connectivity index (χ4n) is 8.72. The van der Waals surface area contributed by atoms with Gasteiger partial charge in [-0.15, -0.1) is 0 Å². The molecule has 0 saturated carbocycles. The second-order valence-corrected chi connectivity index (χ2v) is 15.8. The molecule has 0 fully saturated rings. The second-order valence-electron chi connectivity index (χ2n) is 13.6. The van der Waals surface area contributed by atoms with E-state index >= 15 is 0 Å².